The molecule has 0 bridgehead atoms. The summed E-state index contributed by atoms with van der Waals surface area (Å²) in [6.07, 6.45) is 0.988. The van der Waals surface area contributed by atoms with Gasteiger partial charge in [0.2, 0.25) is 0 Å². The maximum absolute atomic E-state index is 5.42. The van der Waals surface area contributed by atoms with E-state index in [0.717, 1.165) is 48.2 Å². The molecular formula is C20H28N4O2. The van der Waals surface area contributed by atoms with Crippen molar-refractivity contribution < 1.29 is 9.47 Å². The highest BCUT2D eigenvalue weighted by Crippen LogP contribution is 2.24. The second-order valence-electron chi connectivity index (χ2n) is 5.68. The van der Waals surface area contributed by atoms with Gasteiger partial charge in [0.1, 0.15) is 11.5 Å². The van der Waals surface area contributed by atoms with Gasteiger partial charge < -0.3 is 25.4 Å². The minimum Gasteiger partial charge on any atom is -0.497 e. The highest BCUT2D eigenvalue weighted by atomic mass is 16.5. The number of hydrogen-bond donors (Lipinski definition) is 3. The summed E-state index contributed by atoms with van der Waals surface area (Å²) < 4.78 is 10.6. The van der Waals surface area contributed by atoms with Crippen LogP contribution in [-0.4, -0.2) is 40.3 Å². The van der Waals surface area contributed by atoms with E-state index in [1.165, 1.54) is 0 Å². The largest absolute Gasteiger partial charge is 0.497 e. The first-order valence-corrected chi connectivity index (χ1v) is 8.71. The van der Waals surface area contributed by atoms with Crippen molar-refractivity contribution >= 4 is 11.6 Å². The van der Waals surface area contributed by atoms with Crippen molar-refractivity contribution in [1.29, 1.82) is 0 Å². The number of rotatable bonds is 9. The van der Waals surface area contributed by atoms with Crippen LogP contribution in [0, 0.1) is 0 Å². The number of aliphatic imine (C=N–C) groups is 1. The van der Waals surface area contributed by atoms with Crippen LogP contribution >= 0.6 is 0 Å². The summed E-state index contributed by atoms with van der Waals surface area (Å²) in [5.74, 6) is 2.33. The minimum atomic E-state index is 0.620. The molecule has 0 saturated carbocycles. The average Bonchev–Trinajstić information content (AvgIpc) is 2.70. The van der Waals surface area contributed by atoms with E-state index in [9.17, 15) is 0 Å². The monoisotopic (exact) mass is 356 g/mol. The highest BCUT2D eigenvalue weighted by molar-refractivity contribution is 5.79. The van der Waals surface area contributed by atoms with Gasteiger partial charge in [-0.2, -0.15) is 0 Å². The highest BCUT2D eigenvalue weighted by Gasteiger charge is 2.06. The van der Waals surface area contributed by atoms with Crippen LogP contribution < -0.4 is 25.4 Å². The van der Waals surface area contributed by atoms with E-state index in [2.05, 4.69) is 33.1 Å². The van der Waals surface area contributed by atoms with Gasteiger partial charge in [-0.15, -0.1) is 0 Å². The number of anilines is 1. The van der Waals surface area contributed by atoms with Crippen molar-refractivity contribution in [3.05, 3.63) is 54.1 Å². The van der Waals surface area contributed by atoms with Gasteiger partial charge in [0, 0.05) is 44.0 Å². The van der Waals surface area contributed by atoms with Crippen LogP contribution in [0.5, 0.6) is 11.5 Å². The molecule has 0 aliphatic heterocycles. The molecule has 140 valence electrons. The van der Waals surface area contributed by atoms with E-state index in [-0.39, 0.29) is 0 Å². The lowest BCUT2D eigenvalue weighted by Gasteiger charge is -2.14. The third-order valence-electron chi connectivity index (χ3n) is 3.91. The van der Waals surface area contributed by atoms with E-state index in [1.807, 2.05) is 36.4 Å². The Morgan fingerprint density at radius 3 is 2.46 bits per heavy atom. The molecule has 0 fully saturated rings. The Morgan fingerprint density at radius 1 is 0.962 bits per heavy atom. The van der Waals surface area contributed by atoms with Gasteiger partial charge in [-0.3, -0.25) is 4.99 Å². The second kappa shape index (κ2) is 10.9. The molecule has 0 saturated heterocycles. The fraction of sp³-hybridized carbons (Fsp3) is 0.350. The molecular weight excluding hydrogens is 328 g/mol. The van der Waals surface area contributed by atoms with Crippen LogP contribution in [0.25, 0.3) is 0 Å². The predicted molar refractivity (Wildman–Crippen MR) is 107 cm³/mol. The quantitative estimate of drug-likeness (QED) is 0.366. The molecule has 26 heavy (non-hydrogen) atoms. The smallest absolute Gasteiger partial charge is 0.191 e. The molecule has 6 nitrogen and oxygen atoms in total. The van der Waals surface area contributed by atoms with E-state index >= 15 is 0 Å². The lowest BCUT2D eigenvalue weighted by Crippen LogP contribution is -2.37. The molecule has 2 rings (SSSR count). The molecule has 2 aromatic rings. The Labute approximate surface area is 155 Å². The summed E-state index contributed by atoms with van der Waals surface area (Å²) in [7, 11) is 5.07. The first-order chi connectivity index (χ1) is 12.8. The van der Waals surface area contributed by atoms with Crippen LogP contribution in [0.4, 0.5) is 5.69 Å². The van der Waals surface area contributed by atoms with E-state index < -0.39 is 0 Å². The molecule has 3 N–H and O–H groups in total. The molecule has 0 spiro atoms. The number of nitrogens with one attached hydrogen (secondary N) is 3. The lowest BCUT2D eigenvalue weighted by molar-refractivity contribution is 0.390. The van der Waals surface area contributed by atoms with Crippen molar-refractivity contribution in [2.75, 3.05) is 39.7 Å². The summed E-state index contributed by atoms with van der Waals surface area (Å²) in [5.41, 5.74) is 2.18. The number of nitrogens with zero attached hydrogens (tertiary/aromatic N) is 1. The molecule has 0 aliphatic rings. The second-order valence-corrected chi connectivity index (χ2v) is 5.68. The summed E-state index contributed by atoms with van der Waals surface area (Å²) in [4.78, 5) is 4.26. The van der Waals surface area contributed by atoms with E-state index in [4.69, 9.17) is 9.47 Å². The maximum atomic E-state index is 5.42. The molecule has 0 aliphatic carbocycles. The van der Waals surface area contributed by atoms with Gasteiger partial charge in [0.25, 0.3) is 0 Å². The topological polar surface area (TPSA) is 66.9 Å². The summed E-state index contributed by atoms with van der Waals surface area (Å²) in [5, 5.41) is 10.0. The third-order valence-corrected chi connectivity index (χ3v) is 3.91. The number of para-hydroxylation sites is 1. The van der Waals surface area contributed by atoms with Crippen molar-refractivity contribution in [1.82, 2.24) is 10.6 Å². The maximum Gasteiger partial charge on any atom is 0.191 e. The summed E-state index contributed by atoms with van der Waals surface area (Å²) >= 11 is 0. The van der Waals surface area contributed by atoms with Gasteiger partial charge in [-0.05, 0) is 30.7 Å². The van der Waals surface area contributed by atoms with Crippen molar-refractivity contribution in [3.8, 4) is 11.5 Å². The van der Waals surface area contributed by atoms with E-state index in [1.54, 1.807) is 21.3 Å². The van der Waals surface area contributed by atoms with Gasteiger partial charge in [-0.25, -0.2) is 0 Å². The number of guanidine groups is 1. The van der Waals surface area contributed by atoms with Crippen LogP contribution in [0.3, 0.4) is 0 Å². The Kier molecular flexibility index (Phi) is 8.12. The molecule has 2 aromatic carbocycles. The summed E-state index contributed by atoms with van der Waals surface area (Å²) in [6.45, 7) is 2.36. The molecule has 0 unspecified atom stereocenters. The zero-order valence-corrected chi connectivity index (χ0v) is 15.7. The van der Waals surface area contributed by atoms with E-state index in [0.29, 0.717) is 6.54 Å². The van der Waals surface area contributed by atoms with Gasteiger partial charge in [-0.1, -0.05) is 18.2 Å². The zero-order chi connectivity index (χ0) is 18.6. The van der Waals surface area contributed by atoms with Crippen molar-refractivity contribution in [2.24, 2.45) is 4.99 Å². The molecule has 0 aromatic heterocycles. The van der Waals surface area contributed by atoms with Gasteiger partial charge in [0.05, 0.1) is 14.2 Å². The van der Waals surface area contributed by atoms with Crippen molar-refractivity contribution in [3.63, 3.8) is 0 Å². The van der Waals surface area contributed by atoms with Crippen LogP contribution in [-0.2, 0) is 6.54 Å². The Balaban J connectivity index is 1.72. The first-order valence-electron chi connectivity index (χ1n) is 8.71. The van der Waals surface area contributed by atoms with Gasteiger partial charge in [0.15, 0.2) is 5.96 Å². The molecule has 0 atom stereocenters. The standard InChI is InChI=1S/C20H28N4O2/c1-21-20(23-13-7-12-22-17-8-5-4-6-9-17)24-15-16-10-11-18(25-2)14-19(16)26-3/h4-6,8-11,14,22H,7,12-13,15H2,1-3H3,(H2,21,23,24). The zero-order valence-electron chi connectivity index (χ0n) is 15.7. The summed E-state index contributed by atoms with van der Waals surface area (Å²) in [6, 6.07) is 16.0. The van der Waals surface area contributed by atoms with Gasteiger partial charge >= 0.3 is 0 Å². The number of methoxy groups -OCH3 is 2. The fourth-order valence-electron chi connectivity index (χ4n) is 2.48. The normalized spacial score (nSPS) is 11.0. The average molecular weight is 356 g/mol. The SMILES string of the molecule is CN=C(NCCCNc1ccccc1)NCc1ccc(OC)cc1OC. The molecule has 6 heteroatoms. The number of ether oxygens (including phenoxy) is 2. The van der Waals surface area contributed by atoms with Crippen LogP contribution in [0.15, 0.2) is 53.5 Å². The Morgan fingerprint density at radius 2 is 1.77 bits per heavy atom. The molecule has 0 heterocycles. The molecule has 0 amide bonds. The molecule has 0 radical (unpaired) electrons. The fourth-order valence-corrected chi connectivity index (χ4v) is 2.48. The van der Waals surface area contributed by atoms with Crippen molar-refractivity contribution in [2.45, 2.75) is 13.0 Å². The number of benzene rings is 2. The first kappa shape index (κ1) is 19.4. The third kappa shape index (κ3) is 6.20. The van der Waals surface area contributed by atoms with Crippen LogP contribution in [0.1, 0.15) is 12.0 Å². The lowest BCUT2D eigenvalue weighted by atomic mass is 10.2. The Bertz CT molecular complexity index is 689. The number of hydrogen-bond acceptors (Lipinski definition) is 4. The van der Waals surface area contributed by atoms with Crippen LogP contribution in [0.2, 0.25) is 0 Å². The predicted octanol–water partition coefficient (Wildman–Crippen LogP) is 2.87. The Hall–Kier alpha value is -2.89. The minimum absolute atomic E-state index is 0.620.